The molecule has 0 bridgehead atoms. The van der Waals surface area contributed by atoms with Gasteiger partial charge >= 0.3 is 0 Å². The molecular formula is C17H26ClN3O3. The van der Waals surface area contributed by atoms with Crippen molar-refractivity contribution >= 4 is 24.2 Å². The second kappa shape index (κ2) is 10.3. The highest BCUT2D eigenvalue weighted by atomic mass is 35.5. The highest BCUT2D eigenvalue weighted by Gasteiger charge is 2.28. The van der Waals surface area contributed by atoms with Crippen LogP contribution in [0.15, 0.2) is 24.3 Å². The summed E-state index contributed by atoms with van der Waals surface area (Å²) in [4.78, 5) is 26.4. The van der Waals surface area contributed by atoms with E-state index in [4.69, 9.17) is 10.5 Å². The van der Waals surface area contributed by atoms with Crippen LogP contribution in [0.4, 0.5) is 0 Å². The third-order valence-corrected chi connectivity index (χ3v) is 4.03. The van der Waals surface area contributed by atoms with Crippen LogP contribution in [0.3, 0.4) is 0 Å². The predicted octanol–water partition coefficient (Wildman–Crippen LogP) is 1.18. The normalized spacial score (nSPS) is 17.1. The van der Waals surface area contributed by atoms with Crippen molar-refractivity contribution in [3.05, 3.63) is 35.4 Å². The topological polar surface area (TPSA) is 84.7 Å². The fraction of sp³-hybridized carbons (Fsp3) is 0.529. The Hall–Kier alpha value is -1.63. The molecule has 0 aromatic heterocycles. The number of benzene rings is 1. The smallest absolute Gasteiger partial charge is 0.253 e. The van der Waals surface area contributed by atoms with E-state index in [9.17, 15) is 9.59 Å². The summed E-state index contributed by atoms with van der Waals surface area (Å²) >= 11 is 0. The number of carbonyl (C=O) groups excluding carboxylic acids is 2. The maximum atomic E-state index is 12.6. The SMILES string of the molecule is COCc1ccc(C(=O)N2CCCC(C(=O)NCCN)C2)cc1.Cl. The number of ether oxygens (including phenoxy) is 1. The van der Waals surface area contributed by atoms with E-state index in [1.54, 1.807) is 12.0 Å². The molecule has 1 atom stereocenters. The molecule has 1 fully saturated rings. The van der Waals surface area contributed by atoms with E-state index in [1.807, 2.05) is 24.3 Å². The second-order valence-corrected chi connectivity index (χ2v) is 5.80. The average Bonchev–Trinajstić information content (AvgIpc) is 2.60. The van der Waals surface area contributed by atoms with Gasteiger partial charge in [0.05, 0.1) is 12.5 Å². The minimum Gasteiger partial charge on any atom is -0.380 e. The number of nitrogens with one attached hydrogen (secondary N) is 1. The van der Waals surface area contributed by atoms with Crippen LogP contribution >= 0.6 is 12.4 Å². The van der Waals surface area contributed by atoms with Gasteiger partial charge in [-0.05, 0) is 30.5 Å². The fourth-order valence-electron chi connectivity index (χ4n) is 2.81. The van der Waals surface area contributed by atoms with Crippen LogP contribution in [0.2, 0.25) is 0 Å². The third-order valence-electron chi connectivity index (χ3n) is 4.03. The molecular weight excluding hydrogens is 330 g/mol. The van der Waals surface area contributed by atoms with Crippen LogP contribution < -0.4 is 11.1 Å². The summed E-state index contributed by atoms with van der Waals surface area (Å²) in [6.07, 6.45) is 1.65. The predicted molar refractivity (Wildman–Crippen MR) is 95.1 cm³/mol. The zero-order valence-electron chi connectivity index (χ0n) is 14.0. The molecule has 2 amide bonds. The van der Waals surface area contributed by atoms with E-state index < -0.39 is 0 Å². The number of likely N-dealkylation sites (tertiary alicyclic amines) is 1. The Labute approximate surface area is 149 Å². The largest absolute Gasteiger partial charge is 0.380 e. The second-order valence-electron chi connectivity index (χ2n) is 5.80. The number of halogens is 1. The van der Waals surface area contributed by atoms with Gasteiger partial charge in [0.1, 0.15) is 0 Å². The summed E-state index contributed by atoms with van der Waals surface area (Å²) in [5, 5.41) is 2.81. The standard InChI is InChI=1S/C17H25N3O3.ClH/c1-23-12-13-4-6-14(7-5-13)17(22)20-10-2-3-15(11-20)16(21)19-9-8-18;/h4-7,15H,2-3,8-12,18H2,1H3,(H,19,21);1H. The number of carbonyl (C=O) groups is 2. The Morgan fingerprint density at radius 1 is 1.33 bits per heavy atom. The van der Waals surface area contributed by atoms with E-state index in [2.05, 4.69) is 5.32 Å². The van der Waals surface area contributed by atoms with Gasteiger partial charge in [0, 0.05) is 38.9 Å². The number of hydrogen-bond donors (Lipinski definition) is 2. The summed E-state index contributed by atoms with van der Waals surface area (Å²) in [6.45, 7) is 2.59. The van der Waals surface area contributed by atoms with Crippen molar-refractivity contribution < 1.29 is 14.3 Å². The Kier molecular flexibility index (Phi) is 8.74. The van der Waals surface area contributed by atoms with Gasteiger partial charge in [-0.15, -0.1) is 12.4 Å². The molecule has 1 heterocycles. The van der Waals surface area contributed by atoms with Crippen molar-refractivity contribution in [1.29, 1.82) is 0 Å². The molecule has 1 unspecified atom stereocenters. The molecule has 0 spiro atoms. The first-order valence-electron chi connectivity index (χ1n) is 8.00. The molecule has 24 heavy (non-hydrogen) atoms. The summed E-state index contributed by atoms with van der Waals surface area (Å²) in [5.74, 6) is -0.180. The van der Waals surface area contributed by atoms with Crippen molar-refractivity contribution in [3.63, 3.8) is 0 Å². The number of methoxy groups -OCH3 is 1. The minimum absolute atomic E-state index is 0. The first-order valence-corrected chi connectivity index (χ1v) is 8.00. The van der Waals surface area contributed by atoms with Gasteiger partial charge in [-0.2, -0.15) is 0 Å². The third kappa shape index (κ3) is 5.47. The van der Waals surface area contributed by atoms with Crippen molar-refractivity contribution in [1.82, 2.24) is 10.2 Å². The molecule has 0 aliphatic carbocycles. The fourth-order valence-corrected chi connectivity index (χ4v) is 2.81. The van der Waals surface area contributed by atoms with E-state index >= 15 is 0 Å². The number of piperidine rings is 1. The number of amides is 2. The van der Waals surface area contributed by atoms with Gasteiger partial charge < -0.3 is 20.7 Å². The van der Waals surface area contributed by atoms with Crippen molar-refractivity contribution in [2.75, 3.05) is 33.3 Å². The van der Waals surface area contributed by atoms with Crippen LogP contribution in [-0.2, 0) is 16.1 Å². The lowest BCUT2D eigenvalue weighted by molar-refractivity contribution is -0.126. The molecule has 0 radical (unpaired) electrons. The molecule has 1 aromatic carbocycles. The van der Waals surface area contributed by atoms with Gasteiger partial charge in [-0.25, -0.2) is 0 Å². The molecule has 134 valence electrons. The molecule has 1 saturated heterocycles. The number of nitrogens with two attached hydrogens (primary N) is 1. The van der Waals surface area contributed by atoms with Gasteiger partial charge in [-0.3, -0.25) is 9.59 Å². The van der Waals surface area contributed by atoms with Crippen molar-refractivity contribution in [2.45, 2.75) is 19.4 Å². The summed E-state index contributed by atoms with van der Waals surface area (Å²) in [7, 11) is 1.64. The van der Waals surface area contributed by atoms with Gasteiger partial charge in [0.25, 0.3) is 5.91 Å². The number of rotatable bonds is 6. The average molecular weight is 356 g/mol. The minimum atomic E-state index is -0.146. The molecule has 6 nitrogen and oxygen atoms in total. The quantitative estimate of drug-likeness (QED) is 0.802. The number of hydrogen-bond acceptors (Lipinski definition) is 4. The van der Waals surface area contributed by atoms with Crippen LogP contribution in [-0.4, -0.2) is 50.0 Å². The van der Waals surface area contributed by atoms with Crippen molar-refractivity contribution in [3.8, 4) is 0 Å². The van der Waals surface area contributed by atoms with Crippen LogP contribution in [0.5, 0.6) is 0 Å². The van der Waals surface area contributed by atoms with Gasteiger partial charge in [0.15, 0.2) is 0 Å². The highest BCUT2D eigenvalue weighted by molar-refractivity contribution is 5.94. The zero-order chi connectivity index (χ0) is 16.7. The van der Waals surface area contributed by atoms with Gasteiger partial charge in [-0.1, -0.05) is 12.1 Å². The summed E-state index contributed by atoms with van der Waals surface area (Å²) in [5.41, 5.74) is 7.08. The molecule has 7 heteroatoms. The first kappa shape index (κ1) is 20.4. The van der Waals surface area contributed by atoms with Crippen LogP contribution in [0.25, 0.3) is 0 Å². The maximum Gasteiger partial charge on any atom is 0.253 e. The maximum absolute atomic E-state index is 12.6. The van der Waals surface area contributed by atoms with Gasteiger partial charge in [0.2, 0.25) is 5.91 Å². The molecule has 2 rings (SSSR count). The van der Waals surface area contributed by atoms with Crippen LogP contribution in [0, 0.1) is 5.92 Å². The Balaban J connectivity index is 0.00000288. The molecule has 1 aliphatic heterocycles. The first-order chi connectivity index (χ1) is 11.2. The van der Waals surface area contributed by atoms with E-state index in [0.717, 1.165) is 18.4 Å². The molecule has 3 N–H and O–H groups in total. The highest BCUT2D eigenvalue weighted by Crippen LogP contribution is 2.19. The monoisotopic (exact) mass is 355 g/mol. The van der Waals surface area contributed by atoms with Crippen LogP contribution in [0.1, 0.15) is 28.8 Å². The lowest BCUT2D eigenvalue weighted by Crippen LogP contribution is -2.46. The Morgan fingerprint density at radius 3 is 2.67 bits per heavy atom. The van der Waals surface area contributed by atoms with E-state index in [0.29, 0.717) is 38.3 Å². The number of nitrogens with zero attached hydrogens (tertiary/aromatic N) is 1. The van der Waals surface area contributed by atoms with E-state index in [-0.39, 0.29) is 30.1 Å². The molecule has 1 aromatic rings. The molecule has 0 saturated carbocycles. The Bertz CT molecular complexity index is 536. The molecule has 1 aliphatic rings. The summed E-state index contributed by atoms with van der Waals surface area (Å²) < 4.78 is 5.07. The zero-order valence-corrected chi connectivity index (χ0v) is 14.8. The lowest BCUT2D eigenvalue weighted by Gasteiger charge is -2.32. The van der Waals surface area contributed by atoms with Crippen molar-refractivity contribution in [2.24, 2.45) is 11.7 Å². The Morgan fingerprint density at radius 2 is 2.04 bits per heavy atom. The lowest BCUT2D eigenvalue weighted by atomic mass is 9.96. The summed E-state index contributed by atoms with van der Waals surface area (Å²) in [6, 6.07) is 7.42. The van der Waals surface area contributed by atoms with E-state index in [1.165, 1.54) is 0 Å².